The molecule has 2 aromatic rings. The summed E-state index contributed by atoms with van der Waals surface area (Å²) in [6.45, 7) is 4.02. The van der Waals surface area contributed by atoms with Gasteiger partial charge in [0.2, 0.25) is 5.17 Å². The van der Waals surface area contributed by atoms with Crippen molar-refractivity contribution in [3.63, 3.8) is 0 Å². The third-order valence-electron chi connectivity index (χ3n) is 4.44. The summed E-state index contributed by atoms with van der Waals surface area (Å²) in [6.07, 6.45) is 3.48. The number of carbonyl (C=O) groups is 1. The third kappa shape index (κ3) is 3.49. The zero-order valence-corrected chi connectivity index (χ0v) is 17.6. The molecule has 148 valence electrons. The fourth-order valence-corrected chi connectivity index (χ4v) is 4.03. The van der Waals surface area contributed by atoms with E-state index in [-0.39, 0.29) is 17.3 Å². The molecule has 0 spiro atoms. The number of fused-ring (bicyclic) bond motifs is 1. The Hall–Kier alpha value is -2.84. The van der Waals surface area contributed by atoms with Gasteiger partial charge in [0.15, 0.2) is 5.84 Å². The number of methoxy groups -OCH3 is 1. The highest BCUT2D eigenvalue weighted by Gasteiger charge is 2.36. The van der Waals surface area contributed by atoms with Crippen molar-refractivity contribution in [2.45, 2.75) is 13.8 Å². The molecule has 1 amide bonds. The molecule has 0 bridgehead atoms. The lowest BCUT2D eigenvalue weighted by Gasteiger charge is -2.20. The number of thioether (sulfide) groups is 1. The predicted molar refractivity (Wildman–Crippen MR) is 117 cm³/mol. The highest BCUT2D eigenvalue weighted by Crippen LogP contribution is 2.32. The molecule has 7 nitrogen and oxygen atoms in total. The van der Waals surface area contributed by atoms with Gasteiger partial charge in [-0.1, -0.05) is 25.4 Å². The molecular formula is C20H18ClN5O2S. The first-order valence-corrected chi connectivity index (χ1v) is 10.1. The number of hydrazone groups is 1. The fourth-order valence-electron chi connectivity index (χ4n) is 2.97. The molecule has 0 aliphatic carbocycles. The van der Waals surface area contributed by atoms with E-state index in [1.54, 1.807) is 31.4 Å². The average molecular weight is 428 g/mol. The van der Waals surface area contributed by atoms with Crippen LogP contribution in [0, 0.1) is 11.3 Å². The lowest BCUT2D eigenvalue weighted by molar-refractivity contribution is -0.114. The zero-order valence-electron chi connectivity index (χ0n) is 16.0. The van der Waals surface area contributed by atoms with Gasteiger partial charge in [-0.25, -0.2) is 0 Å². The van der Waals surface area contributed by atoms with E-state index >= 15 is 0 Å². The molecule has 2 aliphatic heterocycles. The monoisotopic (exact) mass is 427 g/mol. The van der Waals surface area contributed by atoms with Crippen molar-refractivity contribution in [2.24, 2.45) is 16.0 Å². The van der Waals surface area contributed by atoms with Gasteiger partial charge in [0.05, 0.1) is 18.4 Å². The first-order valence-electron chi connectivity index (χ1n) is 8.90. The summed E-state index contributed by atoms with van der Waals surface area (Å²) in [4.78, 5) is 16.8. The Morgan fingerprint density at radius 3 is 2.83 bits per heavy atom. The van der Waals surface area contributed by atoms with E-state index in [2.05, 4.69) is 10.1 Å². The number of nitrogens with one attached hydrogen (secondary N) is 1. The van der Waals surface area contributed by atoms with E-state index < -0.39 is 5.91 Å². The van der Waals surface area contributed by atoms with Crippen LogP contribution in [0.1, 0.15) is 19.5 Å². The number of amides is 1. The van der Waals surface area contributed by atoms with Gasteiger partial charge in [-0.05, 0) is 48.2 Å². The second-order valence-electron chi connectivity index (χ2n) is 6.73. The number of hydrogen-bond acceptors (Lipinski definition) is 5. The Morgan fingerprint density at radius 2 is 2.10 bits per heavy atom. The van der Waals surface area contributed by atoms with E-state index in [1.807, 2.05) is 36.7 Å². The lowest BCUT2D eigenvalue weighted by atomic mass is 10.1. The first kappa shape index (κ1) is 19.5. The summed E-state index contributed by atoms with van der Waals surface area (Å²) < 4.78 is 7.29. The Balaban J connectivity index is 1.76. The maximum absolute atomic E-state index is 12.6. The van der Waals surface area contributed by atoms with Crippen LogP contribution in [0.2, 0.25) is 5.02 Å². The minimum absolute atomic E-state index is 0.00830. The molecule has 0 atom stereocenters. The van der Waals surface area contributed by atoms with Crippen LogP contribution < -0.4 is 4.74 Å². The van der Waals surface area contributed by atoms with Crippen molar-refractivity contribution in [1.82, 2.24) is 9.58 Å². The van der Waals surface area contributed by atoms with Crippen LogP contribution in [0.25, 0.3) is 11.8 Å². The minimum atomic E-state index is -0.459. The number of rotatable bonds is 4. The van der Waals surface area contributed by atoms with Gasteiger partial charge in [0.25, 0.3) is 5.91 Å². The Morgan fingerprint density at radius 1 is 1.31 bits per heavy atom. The Bertz CT molecular complexity index is 1120. The van der Waals surface area contributed by atoms with E-state index in [1.165, 1.54) is 16.8 Å². The van der Waals surface area contributed by atoms with Gasteiger partial charge >= 0.3 is 0 Å². The van der Waals surface area contributed by atoms with Crippen molar-refractivity contribution < 1.29 is 9.53 Å². The number of amidine groups is 2. The summed E-state index contributed by atoms with van der Waals surface area (Å²) in [5.74, 6) is 0.377. The molecule has 0 unspecified atom stereocenters. The molecule has 1 N–H and O–H groups in total. The number of carbonyl (C=O) groups excluding carboxylic acids is 1. The van der Waals surface area contributed by atoms with Crippen molar-refractivity contribution in [3.8, 4) is 11.4 Å². The van der Waals surface area contributed by atoms with E-state index in [9.17, 15) is 4.79 Å². The van der Waals surface area contributed by atoms with Crippen molar-refractivity contribution >= 4 is 51.4 Å². The van der Waals surface area contributed by atoms with Crippen molar-refractivity contribution in [1.29, 1.82) is 5.41 Å². The average Bonchev–Trinajstić information content (AvgIpc) is 3.32. The van der Waals surface area contributed by atoms with E-state index in [0.29, 0.717) is 21.6 Å². The second kappa shape index (κ2) is 7.53. The first-order chi connectivity index (χ1) is 13.9. The molecule has 2 aliphatic rings. The van der Waals surface area contributed by atoms with Gasteiger partial charge in [-0.15, -0.1) is 0 Å². The fraction of sp³-hybridized carbons (Fsp3) is 0.200. The molecule has 1 aromatic heterocycles. The maximum Gasteiger partial charge on any atom is 0.283 e. The highest BCUT2D eigenvalue weighted by atomic mass is 35.5. The van der Waals surface area contributed by atoms with Crippen LogP contribution in [0.4, 0.5) is 0 Å². The minimum Gasteiger partial charge on any atom is -0.495 e. The summed E-state index contributed by atoms with van der Waals surface area (Å²) in [5.41, 5.74) is 1.59. The largest absolute Gasteiger partial charge is 0.495 e. The number of nitrogens with zero attached hydrogens (tertiary/aromatic N) is 4. The van der Waals surface area contributed by atoms with Gasteiger partial charge < -0.3 is 9.30 Å². The molecule has 3 heterocycles. The Labute approximate surface area is 177 Å². The van der Waals surface area contributed by atoms with Crippen molar-refractivity contribution in [2.75, 3.05) is 7.11 Å². The lowest BCUT2D eigenvalue weighted by Crippen LogP contribution is -2.35. The van der Waals surface area contributed by atoms with Crippen LogP contribution in [-0.2, 0) is 4.79 Å². The highest BCUT2D eigenvalue weighted by molar-refractivity contribution is 8.27. The maximum atomic E-state index is 12.6. The van der Waals surface area contributed by atoms with E-state index in [4.69, 9.17) is 21.7 Å². The van der Waals surface area contributed by atoms with Crippen LogP contribution in [0.3, 0.4) is 0 Å². The number of aromatic nitrogens is 1. The molecule has 29 heavy (non-hydrogen) atoms. The number of benzene rings is 1. The van der Waals surface area contributed by atoms with Crippen LogP contribution in [0.15, 0.2) is 52.2 Å². The van der Waals surface area contributed by atoms with Gasteiger partial charge in [0, 0.05) is 22.8 Å². The molecule has 1 aromatic carbocycles. The normalized spacial score (nSPS) is 17.7. The molecule has 0 saturated heterocycles. The standard InChI is InChI=1S/C20H18ClN5O2S/c1-11(2)19-24-26-17(22)14(18(27)23-20(26)29-19)10-13-5-4-8-25(13)15-9-12(21)6-7-16(15)28-3/h4-11,22H,1-3H3/b14-10-,22-17?. The number of ether oxygens (including phenoxy) is 1. The second-order valence-corrected chi connectivity index (χ2v) is 8.16. The smallest absolute Gasteiger partial charge is 0.283 e. The molecule has 9 heteroatoms. The van der Waals surface area contributed by atoms with Crippen LogP contribution in [-0.4, -0.2) is 38.6 Å². The third-order valence-corrected chi connectivity index (χ3v) is 5.88. The van der Waals surface area contributed by atoms with Gasteiger partial charge in [0.1, 0.15) is 10.8 Å². The number of aliphatic imine (C=N–C) groups is 1. The summed E-state index contributed by atoms with van der Waals surface area (Å²) in [6, 6.07) is 9.00. The SMILES string of the molecule is COc1ccc(Cl)cc1-n1cccc1/C=C1/C(=N)N2N=C(C(C)C)SC2=NC1=O. The molecule has 0 saturated carbocycles. The molecular weight excluding hydrogens is 410 g/mol. The van der Waals surface area contributed by atoms with Crippen LogP contribution in [0.5, 0.6) is 5.75 Å². The molecule has 0 fully saturated rings. The zero-order chi connectivity index (χ0) is 20.7. The van der Waals surface area contributed by atoms with Gasteiger partial charge in [-0.2, -0.15) is 15.1 Å². The van der Waals surface area contributed by atoms with Gasteiger partial charge in [-0.3, -0.25) is 10.2 Å². The summed E-state index contributed by atoms with van der Waals surface area (Å²) >= 11 is 7.49. The van der Waals surface area contributed by atoms with Crippen LogP contribution >= 0.6 is 23.4 Å². The topological polar surface area (TPSA) is 83.0 Å². The Kier molecular flexibility index (Phi) is 5.06. The quantitative estimate of drug-likeness (QED) is 0.732. The summed E-state index contributed by atoms with van der Waals surface area (Å²) in [5, 5.41) is 16.2. The number of halogens is 1. The number of hydrogen-bond donors (Lipinski definition) is 1. The summed E-state index contributed by atoms with van der Waals surface area (Å²) in [7, 11) is 1.58. The van der Waals surface area contributed by atoms with E-state index in [0.717, 1.165) is 10.7 Å². The van der Waals surface area contributed by atoms with Crippen molar-refractivity contribution in [3.05, 3.63) is 52.8 Å². The molecule has 4 rings (SSSR count). The molecule has 0 radical (unpaired) electrons. The predicted octanol–water partition coefficient (Wildman–Crippen LogP) is 4.41.